The second-order valence-electron chi connectivity index (χ2n) is 13.8. The molecular weight excluding hydrogens is 530 g/mol. The van der Waals surface area contributed by atoms with Crippen LogP contribution in [0.3, 0.4) is 0 Å². The predicted molar refractivity (Wildman–Crippen MR) is 186 cm³/mol. The van der Waals surface area contributed by atoms with Gasteiger partial charge in [0.15, 0.2) is 0 Å². The molecule has 5 aromatic carbocycles. The maximum Gasteiger partial charge on any atom is 0.0541 e. The molecule has 0 radical (unpaired) electrons. The smallest absolute Gasteiger partial charge is 0.0541 e. The minimum atomic E-state index is 0.127. The molecule has 0 atom stereocenters. The fourth-order valence-corrected chi connectivity index (χ4v) is 9.86. The Morgan fingerprint density at radius 1 is 0.455 bits per heavy atom. The van der Waals surface area contributed by atoms with Crippen LogP contribution in [0.4, 0.5) is 0 Å². The van der Waals surface area contributed by atoms with E-state index >= 15 is 0 Å². The molecule has 1 heterocycles. The molecule has 6 aromatic rings. The molecule has 0 spiro atoms. The summed E-state index contributed by atoms with van der Waals surface area (Å²) in [4.78, 5) is 0. The molecule has 1 heteroatoms. The molecule has 1 aromatic heterocycles. The van der Waals surface area contributed by atoms with Crippen molar-refractivity contribution in [2.75, 3.05) is 0 Å². The first-order valence-corrected chi connectivity index (χ1v) is 17.2. The van der Waals surface area contributed by atoms with Crippen molar-refractivity contribution in [3.05, 3.63) is 126 Å². The van der Waals surface area contributed by atoms with E-state index in [2.05, 4.69) is 120 Å². The Morgan fingerprint density at radius 2 is 1.09 bits per heavy atom. The summed E-state index contributed by atoms with van der Waals surface area (Å²) in [6.45, 7) is 0. The van der Waals surface area contributed by atoms with Gasteiger partial charge in [-0.2, -0.15) is 0 Å². The Labute approximate surface area is 261 Å². The monoisotopic (exact) mass is 571 g/mol. The molecule has 2 fully saturated rings. The molecule has 3 aliphatic carbocycles. The van der Waals surface area contributed by atoms with Gasteiger partial charge >= 0.3 is 0 Å². The number of hydrogen-bond acceptors (Lipinski definition) is 0. The first-order chi connectivity index (χ1) is 21.8. The van der Waals surface area contributed by atoms with Crippen LogP contribution in [0.1, 0.15) is 75.3 Å². The lowest BCUT2D eigenvalue weighted by Gasteiger charge is -2.49. The molecule has 2 saturated carbocycles. The van der Waals surface area contributed by atoms with Gasteiger partial charge in [0, 0.05) is 21.9 Å². The van der Waals surface area contributed by atoms with Crippen LogP contribution in [0.25, 0.3) is 49.7 Å². The van der Waals surface area contributed by atoms with Gasteiger partial charge in [-0.25, -0.2) is 0 Å². The average molecular weight is 572 g/mol. The van der Waals surface area contributed by atoms with E-state index in [1.54, 1.807) is 11.1 Å². The van der Waals surface area contributed by atoms with Gasteiger partial charge in [0.25, 0.3) is 0 Å². The highest BCUT2D eigenvalue weighted by Crippen LogP contribution is 2.62. The van der Waals surface area contributed by atoms with Gasteiger partial charge in [0.2, 0.25) is 0 Å². The molecule has 0 amide bonds. The normalized spacial score (nSPS) is 18.5. The van der Waals surface area contributed by atoms with Gasteiger partial charge in [-0.15, -0.1) is 0 Å². The van der Waals surface area contributed by atoms with Crippen LogP contribution in [0.15, 0.2) is 115 Å². The van der Waals surface area contributed by atoms with Crippen molar-refractivity contribution in [1.82, 2.24) is 4.57 Å². The van der Waals surface area contributed by atoms with Gasteiger partial charge in [0.1, 0.15) is 0 Å². The van der Waals surface area contributed by atoms with Crippen LogP contribution < -0.4 is 0 Å². The zero-order valence-electron chi connectivity index (χ0n) is 25.6. The summed E-state index contributed by atoms with van der Waals surface area (Å²) in [6.07, 6.45) is 13.8. The first kappa shape index (κ1) is 26.3. The zero-order chi connectivity index (χ0) is 29.1. The number of fused-ring (bicyclic) bond motifs is 6. The van der Waals surface area contributed by atoms with Crippen LogP contribution >= 0.6 is 0 Å². The van der Waals surface area contributed by atoms with Crippen LogP contribution in [-0.4, -0.2) is 4.57 Å². The fraction of sp³-hybridized carbons (Fsp3) is 0.302. The summed E-state index contributed by atoms with van der Waals surface area (Å²) in [5.74, 6) is 1.45. The van der Waals surface area contributed by atoms with E-state index in [0.29, 0.717) is 0 Å². The molecule has 0 N–H and O–H groups in total. The van der Waals surface area contributed by atoms with Crippen LogP contribution in [0, 0.1) is 11.8 Å². The van der Waals surface area contributed by atoms with Crippen LogP contribution in [0.5, 0.6) is 0 Å². The van der Waals surface area contributed by atoms with E-state index in [1.807, 2.05) is 0 Å². The van der Waals surface area contributed by atoms with E-state index in [1.165, 1.54) is 114 Å². The molecule has 0 aliphatic heterocycles. The highest BCUT2D eigenvalue weighted by Gasteiger charge is 2.53. The number of aromatic nitrogens is 1. The van der Waals surface area contributed by atoms with Crippen molar-refractivity contribution in [2.45, 2.75) is 69.6 Å². The second kappa shape index (κ2) is 10.5. The van der Waals surface area contributed by atoms with Gasteiger partial charge in [0.05, 0.1) is 11.0 Å². The molecule has 218 valence electrons. The maximum absolute atomic E-state index is 2.65. The number of rotatable bonds is 4. The molecule has 0 bridgehead atoms. The quantitative estimate of drug-likeness (QED) is 0.198. The molecular formula is C43H41N. The Balaban J connectivity index is 1.29. The Morgan fingerprint density at radius 3 is 1.86 bits per heavy atom. The lowest BCUT2D eigenvalue weighted by Crippen LogP contribution is -2.44. The van der Waals surface area contributed by atoms with Crippen LogP contribution in [-0.2, 0) is 5.41 Å². The number of para-hydroxylation sites is 1. The van der Waals surface area contributed by atoms with E-state index < -0.39 is 0 Å². The van der Waals surface area contributed by atoms with E-state index in [4.69, 9.17) is 0 Å². The third-order valence-electron chi connectivity index (χ3n) is 11.6. The lowest BCUT2D eigenvalue weighted by atomic mass is 9.55. The largest absolute Gasteiger partial charge is 0.309 e. The SMILES string of the molecule is c1ccc(-c2ccc3c(c2)c2ccccc2n3-c2ccc3c(c2)C(C2CCCCC2)(C2CCCCC2)c2ccccc2-3)cc1. The molecule has 0 saturated heterocycles. The first-order valence-electron chi connectivity index (χ1n) is 17.2. The summed E-state index contributed by atoms with van der Waals surface area (Å²) < 4.78 is 2.55. The lowest BCUT2D eigenvalue weighted by molar-refractivity contribution is 0.137. The van der Waals surface area contributed by atoms with Crippen molar-refractivity contribution in [3.63, 3.8) is 0 Å². The fourth-order valence-electron chi connectivity index (χ4n) is 9.86. The van der Waals surface area contributed by atoms with Crippen molar-refractivity contribution >= 4 is 21.8 Å². The van der Waals surface area contributed by atoms with E-state index in [9.17, 15) is 0 Å². The van der Waals surface area contributed by atoms with Crippen LogP contribution in [0.2, 0.25) is 0 Å². The van der Waals surface area contributed by atoms with Crippen molar-refractivity contribution in [2.24, 2.45) is 11.8 Å². The summed E-state index contributed by atoms with van der Waals surface area (Å²) in [5.41, 5.74) is 12.8. The minimum Gasteiger partial charge on any atom is -0.309 e. The van der Waals surface area contributed by atoms with Crippen molar-refractivity contribution < 1.29 is 0 Å². The molecule has 1 nitrogen and oxygen atoms in total. The molecule has 0 unspecified atom stereocenters. The average Bonchev–Trinajstić information content (AvgIpc) is 3.59. The zero-order valence-corrected chi connectivity index (χ0v) is 25.6. The molecule has 9 rings (SSSR count). The van der Waals surface area contributed by atoms with E-state index in [-0.39, 0.29) is 5.41 Å². The standard InChI is InChI=1S/C43H41N/c1-4-14-30(15-5-1)31-24-27-42-38(28-31)37-21-11-13-23-41(37)44(42)34-25-26-36-35-20-10-12-22-39(35)43(40(36)29-34,32-16-6-2-7-17-32)33-18-8-3-9-19-33/h1,4-5,10-15,20-29,32-33H,2-3,6-9,16-19H2. The minimum absolute atomic E-state index is 0.127. The third-order valence-corrected chi connectivity index (χ3v) is 11.6. The van der Waals surface area contributed by atoms with Gasteiger partial charge in [-0.3, -0.25) is 0 Å². The van der Waals surface area contributed by atoms with Gasteiger partial charge in [-0.05, 0) is 101 Å². The van der Waals surface area contributed by atoms with Crippen molar-refractivity contribution in [3.8, 4) is 27.9 Å². The predicted octanol–water partition coefficient (Wildman–Crippen LogP) is 11.9. The van der Waals surface area contributed by atoms with Gasteiger partial charge < -0.3 is 4.57 Å². The van der Waals surface area contributed by atoms with Crippen molar-refractivity contribution in [1.29, 1.82) is 0 Å². The van der Waals surface area contributed by atoms with E-state index in [0.717, 1.165) is 11.8 Å². The summed E-state index contributed by atoms with van der Waals surface area (Å²) in [6, 6.07) is 44.0. The molecule has 44 heavy (non-hydrogen) atoms. The third kappa shape index (κ3) is 3.84. The van der Waals surface area contributed by atoms with Gasteiger partial charge in [-0.1, -0.05) is 123 Å². The molecule has 3 aliphatic rings. The second-order valence-corrected chi connectivity index (χ2v) is 13.8. The number of hydrogen-bond donors (Lipinski definition) is 0. The number of benzene rings is 5. The Hall–Kier alpha value is -4.10. The maximum atomic E-state index is 2.65. The number of nitrogens with zero attached hydrogens (tertiary/aromatic N) is 1. The topological polar surface area (TPSA) is 4.93 Å². The highest BCUT2D eigenvalue weighted by molar-refractivity contribution is 6.10. The Bertz CT molecular complexity index is 1960. The Kier molecular flexibility index (Phi) is 6.29. The summed E-state index contributed by atoms with van der Waals surface area (Å²) >= 11 is 0. The summed E-state index contributed by atoms with van der Waals surface area (Å²) in [5, 5.41) is 2.66. The highest BCUT2D eigenvalue weighted by atomic mass is 15.0. The summed E-state index contributed by atoms with van der Waals surface area (Å²) in [7, 11) is 0.